The fourth-order valence-electron chi connectivity index (χ4n) is 2.03. The number of cyclic esters (lactones) is 1. The number of hydrogen-bond acceptors (Lipinski definition) is 4. The van der Waals surface area contributed by atoms with Crippen molar-refractivity contribution >= 4 is 23.5 Å². The van der Waals surface area contributed by atoms with Crippen molar-refractivity contribution < 1.29 is 24.2 Å². The predicted octanol–water partition coefficient (Wildman–Crippen LogP) is 2.15. The second-order valence-electron chi connectivity index (χ2n) is 4.02. The van der Waals surface area contributed by atoms with E-state index < -0.39 is 11.9 Å². The number of methoxy groups -OCH3 is 1. The van der Waals surface area contributed by atoms with Crippen LogP contribution in [0, 0.1) is 0 Å². The normalized spacial score (nSPS) is 17.9. The average Bonchev–Trinajstić information content (AvgIpc) is 2.29. The minimum absolute atomic E-state index is 0.00111. The number of esters is 1. The number of hydrogen-bond donors (Lipinski definition) is 1. The van der Waals surface area contributed by atoms with E-state index in [9.17, 15) is 9.59 Å². The van der Waals surface area contributed by atoms with Crippen LogP contribution in [-0.2, 0) is 11.2 Å². The summed E-state index contributed by atoms with van der Waals surface area (Å²) < 4.78 is 10.1. The standard InChI is InChI=1S/C12H11ClO5/c1-5-3-6-8(13)4-7(11(14)15)10(17-2)9(6)12(16)18-5/h4-5H,3H2,1-2H3,(H,14,15)/t5-/m1/s1. The van der Waals surface area contributed by atoms with Gasteiger partial charge in [0.25, 0.3) is 0 Å². The number of carboxylic acids is 1. The third-order valence-corrected chi connectivity index (χ3v) is 3.11. The zero-order valence-corrected chi connectivity index (χ0v) is 10.6. The van der Waals surface area contributed by atoms with E-state index in [-0.39, 0.29) is 28.0 Å². The van der Waals surface area contributed by atoms with Crippen LogP contribution in [0.5, 0.6) is 5.75 Å². The molecule has 1 N–H and O–H groups in total. The van der Waals surface area contributed by atoms with Crippen molar-refractivity contribution in [3.63, 3.8) is 0 Å². The van der Waals surface area contributed by atoms with Gasteiger partial charge < -0.3 is 14.6 Å². The Morgan fingerprint density at radius 2 is 2.28 bits per heavy atom. The van der Waals surface area contributed by atoms with Crippen LogP contribution in [0.4, 0.5) is 0 Å². The number of carbonyl (C=O) groups is 2. The molecule has 0 spiro atoms. The van der Waals surface area contributed by atoms with Crippen LogP contribution in [0.2, 0.25) is 5.02 Å². The summed E-state index contributed by atoms with van der Waals surface area (Å²) in [6, 6.07) is 1.30. The molecule has 2 rings (SSSR count). The molecule has 96 valence electrons. The number of benzene rings is 1. The van der Waals surface area contributed by atoms with E-state index in [1.807, 2.05) is 0 Å². The summed E-state index contributed by atoms with van der Waals surface area (Å²) in [4.78, 5) is 22.9. The number of carbonyl (C=O) groups excluding carboxylic acids is 1. The minimum atomic E-state index is -1.21. The Morgan fingerprint density at radius 1 is 1.61 bits per heavy atom. The van der Waals surface area contributed by atoms with E-state index in [1.165, 1.54) is 13.2 Å². The maximum absolute atomic E-state index is 11.8. The molecule has 1 aliphatic rings. The fraction of sp³-hybridized carbons (Fsp3) is 0.333. The molecule has 0 saturated heterocycles. The Morgan fingerprint density at radius 3 is 2.83 bits per heavy atom. The summed E-state index contributed by atoms with van der Waals surface area (Å²) in [7, 11) is 1.31. The lowest BCUT2D eigenvalue weighted by Gasteiger charge is -2.24. The highest BCUT2D eigenvalue weighted by molar-refractivity contribution is 6.32. The van der Waals surface area contributed by atoms with Gasteiger partial charge in [-0.15, -0.1) is 0 Å². The molecular weight excluding hydrogens is 260 g/mol. The van der Waals surface area contributed by atoms with Crippen molar-refractivity contribution in [3.8, 4) is 5.75 Å². The Bertz CT molecular complexity index is 538. The Balaban J connectivity index is 2.74. The average molecular weight is 271 g/mol. The molecule has 1 aromatic rings. The Labute approximate surface area is 108 Å². The summed E-state index contributed by atoms with van der Waals surface area (Å²) in [6.45, 7) is 1.74. The predicted molar refractivity (Wildman–Crippen MR) is 63.5 cm³/mol. The molecule has 0 saturated carbocycles. The SMILES string of the molecule is COc1c(C(=O)O)cc(Cl)c2c1C(=O)O[C@H](C)C2. The fourth-order valence-corrected chi connectivity index (χ4v) is 2.31. The molecule has 5 nitrogen and oxygen atoms in total. The molecule has 1 aliphatic heterocycles. The van der Waals surface area contributed by atoms with Crippen molar-refractivity contribution in [3.05, 3.63) is 27.8 Å². The van der Waals surface area contributed by atoms with Crippen LogP contribution in [-0.4, -0.2) is 30.3 Å². The van der Waals surface area contributed by atoms with Gasteiger partial charge >= 0.3 is 11.9 Å². The topological polar surface area (TPSA) is 72.8 Å². The molecule has 1 heterocycles. The van der Waals surface area contributed by atoms with E-state index in [4.69, 9.17) is 26.2 Å². The van der Waals surface area contributed by atoms with Crippen LogP contribution in [0.15, 0.2) is 6.07 Å². The summed E-state index contributed by atoms with van der Waals surface area (Å²) in [5, 5.41) is 9.31. The van der Waals surface area contributed by atoms with Gasteiger partial charge in [-0.05, 0) is 18.6 Å². The summed E-state index contributed by atoms with van der Waals surface area (Å²) >= 11 is 6.02. The van der Waals surface area contributed by atoms with Gasteiger partial charge in [0.15, 0.2) is 0 Å². The molecule has 0 aliphatic carbocycles. The molecule has 1 atom stereocenters. The van der Waals surface area contributed by atoms with E-state index in [2.05, 4.69) is 0 Å². The second-order valence-corrected chi connectivity index (χ2v) is 4.43. The van der Waals surface area contributed by atoms with Crippen LogP contribution in [0.1, 0.15) is 33.2 Å². The zero-order valence-electron chi connectivity index (χ0n) is 9.82. The second kappa shape index (κ2) is 4.49. The lowest BCUT2D eigenvalue weighted by molar-refractivity contribution is 0.0296. The third-order valence-electron chi connectivity index (χ3n) is 2.77. The lowest BCUT2D eigenvalue weighted by Crippen LogP contribution is -2.26. The van der Waals surface area contributed by atoms with Crippen LogP contribution in [0.3, 0.4) is 0 Å². The van der Waals surface area contributed by atoms with Gasteiger partial charge in [-0.25, -0.2) is 9.59 Å². The Hall–Kier alpha value is -1.75. The number of aromatic carboxylic acids is 1. The summed E-state index contributed by atoms with van der Waals surface area (Å²) in [6.07, 6.45) is 0.152. The van der Waals surface area contributed by atoms with E-state index >= 15 is 0 Å². The van der Waals surface area contributed by atoms with Crippen molar-refractivity contribution in [2.75, 3.05) is 7.11 Å². The van der Waals surface area contributed by atoms with Gasteiger partial charge in [0.1, 0.15) is 23.0 Å². The minimum Gasteiger partial charge on any atom is -0.495 e. The zero-order chi connectivity index (χ0) is 13.4. The van der Waals surface area contributed by atoms with E-state index in [1.54, 1.807) is 6.92 Å². The van der Waals surface area contributed by atoms with Gasteiger partial charge in [0.05, 0.1) is 7.11 Å². The highest BCUT2D eigenvalue weighted by atomic mass is 35.5. The molecule has 0 bridgehead atoms. The molecular formula is C12H11ClO5. The molecule has 0 aromatic heterocycles. The highest BCUT2D eigenvalue weighted by Gasteiger charge is 2.32. The van der Waals surface area contributed by atoms with E-state index in [0.717, 1.165) is 0 Å². The third kappa shape index (κ3) is 1.90. The number of fused-ring (bicyclic) bond motifs is 1. The van der Waals surface area contributed by atoms with Gasteiger partial charge in [-0.2, -0.15) is 0 Å². The van der Waals surface area contributed by atoms with Gasteiger partial charge in [-0.3, -0.25) is 0 Å². The molecule has 0 fully saturated rings. The quantitative estimate of drug-likeness (QED) is 0.834. The van der Waals surface area contributed by atoms with Gasteiger partial charge in [0.2, 0.25) is 0 Å². The number of halogens is 1. The molecule has 6 heteroatoms. The van der Waals surface area contributed by atoms with Crippen molar-refractivity contribution in [1.29, 1.82) is 0 Å². The Kier molecular flexibility index (Phi) is 3.17. The molecule has 18 heavy (non-hydrogen) atoms. The maximum atomic E-state index is 11.8. The first kappa shape index (κ1) is 12.7. The summed E-state index contributed by atoms with van der Waals surface area (Å²) in [5.74, 6) is -1.81. The first-order valence-electron chi connectivity index (χ1n) is 5.29. The van der Waals surface area contributed by atoms with Crippen molar-refractivity contribution in [1.82, 2.24) is 0 Å². The monoisotopic (exact) mass is 270 g/mol. The van der Waals surface area contributed by atoms with Crippen LogP contribution < -0.4 is 4.74 Å². The first-order chi connectivity index (χ1) is 8.45. The summed E-state index contributed by atoms with van der Waals surface area (Å²) in [5.41, 5.74) is 0.538. The number of rotatable bonds is 2. The first-order valence-corrected chi connectivity index (χ1v) is 5.67. The highest BCUT2D eigenvalue weighted by Crippen LogP contribution is 2.37. The largest absolute Gasteiger partial charge is 0.495 e. The van der Waals surface area contributed by atoms with Crippen molar-refractivity contribution in [2.45, 2.75) is 19.4 Å². The van der Waals surface area contributed by atoms with Crippen LogP contribution >= 0.6 is 11.6 Å². The smallest absolute Gasteiger partial charge is 0.342 e. The molecule has 0 unspecified atom stereocenters. The van der Waals surface area contributed by atoms with Gasteiger partial charge in [0, 0.05) is 11.4 Å². The molecule has 0 amide bonds. The lowest BCUT2D eigenvalue weighted by atomic mass is 9.95. The number of ether oxygens (including phenoxy) is 2. The van der Waals surface area contributed by atoms with Gasteiger partial charge in [-0.1, -0.05) is 11.6 Å². The molecule has 0 radical (unpaired) electrons. The van der Waals surface area contributed by atoms with Crippen molar-refractivity contribution in [2.24, 2.45) is 0 Å². The van der Waals surface area contributed by atoms with E-state index in [0.29, 0.717) is 12.0 Å². The number of carboxylic acid groups (broad SMARTS) is 1. The maximum Gasteiger partial charge on any atom is 0.342 e. The molecule has 1 aromatic carbocycles. The van der Waals surface area contributed by atoms with Crippen LogP contribution in [0.25, 0.3) is 0 Å².